The Kier molecular flexibility index (Phi) is 1.22. The fraction of sp³-hybridized carbons (Fsp3) is 0.375. The summed E-state index contributed by atoms with van der Waals surface area (Å²) in [5, 5.41) is 10.2. The summed E-state index contributed by atoms with van der Waals surface area (Å²) in [4.78, 5) is 11.4. The maximum Gasteiger partial charge on any atom is 0.235 e. The molecule has 2 rings (SSSR count). The summed E-state index contributed by atoms with van der Waals surface area (Å²) in [5.41, 5.74) is 0.452. The van der Waals surface area contributed by atoms with Crippen LogP contribution < -0.4 is 5.32 Å². The maximum absolute atomic E-state index is 11.4. The van der Waals surface area contributed by atoms with Gasteiger partial charge in [-0.25, -0.2) is 0 Å². The molecule has 1 aliphatic heterocycles. The molecule has 0 bridgehead atoms. The molecule has 1 aliphatic rings. The van der Waals surface area contributed by atoms with Crippen LogP contribution >= 0.6 is 0 Å². The number of anilines is 1. The fourth-order valence-electron chi connectivity index (χ4n) is 1.31. The Morgan fingerprint density at radius 1 is 1.50 bits per heavy atom. The van der Waals surface area contributed by atoms with Crippen LogP contribution in [0.4, 0.5) is 5.82 Å². The third-order valence-electron chi connectivity index (χ3n) is 2.19. The molecule has 0 spiro atoms. The molecule has 4 nitrogen and oxygen atoms in total. The lowest BCUT2D eigenvalue weighted by Crippen LogP contribution is -2.26. The van der Waals surface area contributed by atoms with Crippen molar-refractivity contribution in [2.75, 3.05) is 5.32 Å². The summed E-state index contributed by atoms with van der Waals surface area (Å²) in [5.74, 6) is 0.575. The zero-order valence-corrected chi connectivity index (χ0v) is 6.96. The van der Waals surface area contributed by atoms with Crippen molar-refractivity contribution < 1.29 is 4.79 Å². The number of nitrogens with zero attached hydrogens (tertiary/aromatic N) is 2. The van der Waals surface area contributed by atoms with Gasteiger partial charge in [0.1, 0.15) is 0 Å². The third-order valence-corrected chi connectivity index (χ3v) is 2.19. The topological polar surface area (TPSA) is 54.9 Å². The van der Waals surface area contributed by atoms with Crippen LogP contribution in [0.5, 0.6) is 0 Å². The Labute approximate surface area is 70.0 Å². The number of nitrogens with one attached hydrogen (secondary N) is 1. The van der Waals surface area contributed by atoms with Gasteiger partial charge in [-0.05, 0) is 19.9 Å². The van der Waals surface area contributed by atoms with Crippen molar-refractivity contribution in [1.82, 2.24) is 10.2 Å². The average molecular weight is 163 g/mol. The van der Waals surface area contributed by atoms with E-state index in [0.717, 1.165) is 5.56 Å². The Balaban J connectivity index is 2.63. The lowest BCUT2D eigenvalue weighted by Gasteiger charge is -2.13. The lowest BCUT2D eigenvalue weighted by atomic mass is 9.88. The summed E-state index contributed by atoms with van der Waals surface area (Å²) >= 11 is 0. The Morgan fingerprint density at radius 3 is 2.92 bits per heavy atom. The van der Waals surface area contributed by atoms with Crippen LogP contribution in [0.25, 0.3) is 0 Å². The van der Waals surface area contributed by atoms with E-state index in [1.807, 2.05) is 19.9 Å². The van der Waals surface area contributed by atoms with E-state index in [-0.39, 0.29) is 5.91 Å². The van der Waals surface area contributed by atoms with Crippen molar-refractivity contribution in [1.29, 1.82) is 0 Å². The van der Waals surface area contributed by atoms with Crippen molar-refractivity contribution in [3.63, 3.8) is 0 Å². The molecule has 4 heteroatoms. The first kappa shape index (κ1) is 7.21. The molecule has 1 aromatic rings. The van der Waals surface area contributed by atoms with E-state index in [9.17, 15) is 4.79 Å². The minimum Gasteiger partial charge on any atom is -0.308 e. The molecular formula is C8H9N3O. The second-order valence-corrected chi connectivity index (χ2v) is 3.37. The normalized spacial score (nSPS) is 18.7. The zero-order chi connectivity index (χ0) is 8.77. The van der Waals surface area contributed by atoms with Crippen molar-refractivity contribution in [2.24, 2.45) is 0 Å². The Morgan fingerprint density at radius 2 is 2.25 bits per heavy atom. The number of hydrogen-bond donors (Lipinski definition) is 1. The summed E-state index contributed by atoms with van der Waals surface area (Å²) in [6, 6.07) is 1.82. The average Bonchev–Trinajstić information content (AvgIpc) is 2.25. The third kappa shape index (κ3) is 0.747. The molecule has 1 amide bonds. The molecule has 0 saturated heterocycles. The first-order valence-electron chi connectivity index (χ1n) is 3.76. The van der Waals surface area contributed by atoms with E-state index in [4.69, 9.17) is 0 Å². The van der Waals surface area contributed by atoms with Gasteiger partial charge >= 0.3 is 0 Å². The van der Waals surface area contributed by atoms with E-state index >= 15 is 0 Å². The highest BCUT2D eigenvalue weighted by molar-refractivity contribution is 6.04. The number of carbonyl (C=O) groups excluding carboxylic acids is 1. The molecule has 0 unspecified atom stereocenters. The van der Waals surface area contributed by atoms with Gasteiger partial charge in [0.15, 0.2) is 5.82 Å². The molecule has 0 fully saturated rings. The van der Waals surface area contributed by atoms with Crippen LogP contribution in [0, 0.1) is 0 Å². The van der Waals surface area contributed by atoms with E-state index in [1.54, 1.807) is 6.20 Å². The van der Waals surface area contributed by atoms with Gasteiger partial charge in [-0.1, -0.05) is 0 Å². The van der Waals surface area contributed by atoms with Crippen LogP contribution in [0.1, 0.15) is 19.4 Å². The SMILES string of the molecule is CC1(C)C(=O)Nc2nnccc21. The van der Waals surface area contributed by atoms with Crippen LogP contribution in [0.2, 0.25) is 0 Å². The van der Waals surface area contributed by atoms with E-state index in [1.165, 1.54) is 0 Å². The smallest absolute Gasteiger partial charge is 0.235 e. The van der Waals surface area contributed by atoms with Gasteiger partial charge in [-0.3, -0.25) is 4.79 Å². The van der Waals surface area contributed by atoms with Crippen LogP contribution in [-0.4, -0.2) is 16.1 Å². The summed E-state index contributed by atoms with van der Waals surface area (Å²) in [6.45, 7) is 3.74. The number of rotatable bonds is 0. The van der Waals surface area contributed by atoms with Crippen LogP contribution in [-0.2, 0) is 10.2 Å². The Hall–Kier alpha value is -1.45. The summed E-state index contributed by atoms with van der Waals surface area (Å²) in [6.07, 6.45) is 1.60. The van der Waals surface area contributed by atoms with Crippen LogP contribution in [0.3, 0.4) is 0 Å². The number of aromatic nitrogens is 2. The molecule has 0 radical (unpaired) electrons. The molecule has 2 heterocycles. The highest BCUT2D eigenvalue weighted by Crippen LogP contribution is 2.34. The molecule has 0 saturated carbocycles. The van der Waals surface area contributed by atoms with Crippen molar-refractivity contribution >= 4 is 11.7 Å². The van der Waals surface area contributed by atoms with Crippen molar-refractivity contribution in [3.8, 4) is 0 Å². The van der Waals surface area contributed by atoms with Crippen molar-refractivity contribution in [2.45, 2.75) is 19.3 Å². The first-order valence-corrected chi connectivity index (χ1v) is 3.76. The maximum atomic E-state index is 11.4. The van der Waals surface area contributed by atoms with Gasteiger partial charge in [-0.2, -0.15) is 5.10 Å². The molecular weight excluding hydrogens is 154 g/mol. The molecule has 12 heavy (non-hydrogen) atoms. The summed E-state index contributed by atoms with van der Waals surface area (Å²) in [7, 11) is 0. The lowest BCUT2D eigenvalue weighted by molar-refractivity contribution is -0.119. The Bertz CT molecular complexity index is 346. The number of carbonyl (C=O) groups is 1. The number of hydrogen-bond acceptors (Lipinski definition) is 3. The quantitative estimate of drug-likeness (QED) is 0.612. The van der Waals surface area contributed by atoms with Gasteiger partial charge in [-0.15, -0.1) is 5.10 Å². The standard InChI is InChI=1S/C8H9N3O/c1-8(2)5-3-4-9-11-6(5)10-7(8)12/h3-4H,1-2H3,(H,10,11,12). The molecule has 62 valence electrons. The van der Waals surface area contributed by atoms with Crippen molar-refractivity contribution in [3.05, 3.63) is 17.8 Å². The molecule has 0 aromatic carbocycles. The van der Waals surface area contributed by atoms with E-state index in [2.05, 4.69) is 15.5 Å². The number of fused-ring (bicyclic) bond motifs is 1. The zero-order valence-electron chi connectivity index (χ0n) is 6.96. The van der Waals surface area contributed by atoms with E-state index < -0.39 is 5.41 Å². The van der Waals surface area contributed by atoms with Gasteiger partial charge in [0.25, 0.3) is 0 Å². The minimum atomic E-state index is -0.467. The predicted molar refractivity (Wildman–Crippen MR) is 43.7 cm³/mol. The largest absolute Gasteiger partial charge is 0.308 e. The number of amides is 1. The van der Waals surface area contributed by atoms with Gasteiger partial charge < -0.3 is 5.32 Å². The summed E-state index contributed by atoms with van der Waals surface area (Å²) < 4.78 is 0. The van der Waals surface area contributed by atoms with Gasteiger partial charge in [0.05, 0.1) is 11.6 Å². The van der Waals surface area contributed by atoms with Crippen LogP contribution in [0.15, 0.2) is 12.3 Å². The fourth-order valence-corrected chi connectivity index (χ4v) is 1.31. The second kappa shape index (κ2) is 2.03. The van der Waals surface area contributed by atoms with Gasteiger partial charge in [0, 0.05) is 5.56 Å². The van der Waals surface area contributed by atoms with E-state index in [0.29, 0.717) is 5.82 Å². The highest BCUT2D eigenvalue weighted by atomic mass is 16.2. The molecule has 1 aromatic heterocycles. The molecule has 0 atom stereocenters. The predicted octanol–water partition coefficient (Wildman–Crippen LogP) is 0.706. The minimum absolute atomic E-state index is 0.0157. The monoisotopic (exact) mass is 163 g/mol. The molecule has 0 aliphatic carbocycles. The molecule has 1 N–H and O–H groups in total. The van der Waals surface area contributed by atoms with Gasteiger partial charge in [0.2, 0.25) is 5.91 Å². The first-order chi connectivity index (χ1) is 5.62. The highest BCUT2D eigenvalue weighted by Gasteiger charge is 2.39. The second-order valence-electron chi connectivity index (χ2n) is 3.37.